The molecule has 21 heavy (non-hydrogen) atoms. The molecule has 0 radical (unpaired) electrons. The quantitative estimate of drug-likeness (QED) is 0.487. The summed E-state index contributed by atoms with van der Waals surface area (Å²) in [6.45, 7) is 9.87. The molecule has 0 fully saturated rings. The predicted octanol–water partition coefficient (Wildman–Crippen LogP) is 4.65. The first-order valence-corrected chi connectivity index (χ1v) is 9.21. The molecule has 1 unspecified atom stereocenters. The average molecular weight is 311 g/mol. The van der Waals surface area contributed by atoms with Gasteiger partial charge in [-0.2, -0.15) is 0 Å². The van der Waals surface area contributed by atoms with Gasteiger partial charge in [0.15, 0.2) is 5.16 Å². The third-order valence-corrected chi connectivity index (χ3v) is 3.80. The van der Waals surface area contributed by atoms with Crippen molar-refractivity contribution in [2.24, 2.45) is 5.92 Å². The van der Waals surface area contributed by atoms with E-state index >= 15 is 0 Å². The molecule has 0 spiro atoms. The molecule has 0 bridgehead atoms. The van der Waals surface area contributed by atoms with Crippen molar-refractivity contribution in [3.8, 4) is 0 Å². The Bertz CT molecular complexity index is 409. The fraction of sp³-hybridized carbons (Fsp3) is 0.750. The van der Waals surface area contributed by atoms with E-state index in [0.717, 1.165) is 35.7 Å². The highest BCUT2D eigenvalue weighted by atomic mass is 32.2. The zero-order valence-electron chi connectivity index (χ0n) is 14.1. The monoisotopic (exact) mass is 310 g/mol. The number of anilines is 2. The number of thioether (sulfide) groups is 1. The molecular weight excluding hydrogens is 280 g/mol. The molecule has 0 aliphatic heterocycles. The Balaban J connectivity index is 2.59. The van der Waals surface area contributed by atoms with Crippen LogP contribution < -0.4 is 10.6 Å². The van der Waals surface area contributed by atoms with Gasteiger partial charge in [-0.15, -0.1) is 0 Å². The summed E-state index contributed by atoms with van der Waals surface area (Å²) < 4.78 is 0. The molecule has 5 heteroatoms. The second-order valence-electron chi connectivity index (χ2n) is 5.92. The summed E-state index contributed by atoms with van der Waals surface area (Å²) in [6, 6.07) is 2.45. The fourth-order valence-electron chi connectivity index (χ4n) is 2.09. The Morgan fingerprint density at radius 1 is 1.14 bits per heavy atom. The normalized spacial score (nSPS) is 12.5. The Morgan fingerprint density at radius 3 is 2.48 bits per heavy atom. The summed E-state index contributed by atoms with van der Waals surface area (Å²) in [7, 11) is 0. The van der Waals surface area contributed by atoms with Crippen molar-refractivity contribution in [3.63, 3.8) is 0 Å². The molecule has 0 aliphatic carbocycles. The largest absolute Gasteiger partial charge is 0.370 e. The molecule has 1 aromatic heterocycles. The first kappa shape index (κ1) is 18.1. The van der Waals surface area contributed by atoms with Gasteiger partial charge in [-0.05, 0) is 31.9 Å². The van der Waals surface area contributed by atoms with E-state index in [0.29, 0.717) is 6.04 Å². The molecule has 0 aromatic carbocycles. The first-order chi connectivity index (χ1) is 10.0. The number of nitrogens with one attached hydrogen (secondary N) is 2. The van der Waals surface area contributed by atoms with Crippen LogP contribution in [0.3, 0.4) is 0 Å². The first-order valence-electron chi connectivity index (χ1n) is 7.98. The van der Waals surface area contributed by atoms with Gasteiger partial charge < -0.3 is 10.6 Å². The Labute approximate surface area is 133 Å². The van der Waals surface area contributed by atoms with Crippen LogP contribution in [0.25, 0.3) is 0 Å². The van der Waals surface area contributed by atoms with Gasteiger partial charge in [0.2, 0.25) is 0 Å². The highest BCUT2D eigenvalue weighted by Crippen LogP contribution is 2.19. The van der Waals surface area contributed by atoms with Crippen molar-refractivity contribution in [3.05, 3.63) is 6.07 Å². The van der Waals surface area contributed by atoms with Crippen LogP contribution in [0.4, 0.5) is 11.6 Å². The highest BCUT2D eigenvalue weighted by Gasteiger charge is 2.07. The lowest BCUT2D eigenvalue weighted by Crippen LogP contribution is -2.17. The van der Waals surface area contributed by atoms with Crippen molar-refractivity contribution >= 4 is 23.4 Å². The molecule has 1 aromatic rings. The maximum absolute atomic E-state index is 4.54. The summed E-state index contributed by atoms with van der Waals surface area (Å²) >= 11 is 1.58. The van der Waals surface area contributed by atoms with E-state index in [4.69, 9.17) is 0 Å². The van der Waals surface area contributed by atoms with Crippen LogP contribution in [0.2, 0.25) is 0 Å². The topological polar surface area (TPSA) is 49.8 Å². The molecule has 120 valence electrons. The molecule has 1 atom stereocenters. The predicted molar refractivity (Wildman–Crippen MR) is 94.4 cm³/mol. The van der Waals surface area contributed by atoms with E-state index in [1.54, 1.807) is 11.8 Å². The van der Waals surface area contributed by atoms with Gasteiger partial charge in [0.1, 0.15) is 11.6 Å². The standard InChI is InChI=1S/C16H30N4S/c1-6-10-17-14-11-15(20-16(19-14)21-5)18-13(4)9-7-8-12(2)3/h11-13H,6-10H2,1-5H3,(H2,17,18,19,20). The third-order valence-electron chi connectivity index (χ3n) is 3.26. The zero-order chi connectivity index (χ0) is 15.7. The van der Waals surface area contributed by atoms with E-state index in [9.17, 15) is 0 Å². The highest BCUT2D eigenvalue weighted by molar-refractivity contribution is 7.98. The second kappa shape index (κ2) is 9.87. The van der Waals surface area contributed by atoms with Crippen molar-refractivity contribution in [2.45, 2.75) is 64.6 Å². The van der Waals surface area contributed by atoms with Gasteiger partial charge in [-0.1, -0.05) is 45.4 Å². The SMILES string of the molecule is CCCNc1cc(NC(C)CCCC(C)C)nc(SC)n1. The van der Waals surface area contributed by atoms with Gasteiger partial charge in [0.25, 0.3) is 0 Å². The smallest absolute Gasteiger partial charge is 0.191 e. The van der Waals surface area contributed by atoms with Crippen molar-refractivity contribution in [1.82, 2.24) is 9.97 Å². The van der Waals surface area contributed by atoms with E-state index in [1.807, 2.05) is 12.3 Å². The lowest BCUT2D eigenvalue weighted by atomic mass is 10.0. The molecule has 0 amide bonds. The lowest BCUT2D eigenvalue weighted by Gasteiger charge is -2.16. The van der Waals surface area contributed by atoms with E-state index in [1.165, 1.54) is 19.3 Å². The molecule has 4 nitrogen and oxygen atoms in total. The van der Waals surface area contributed by atoms with Gasteiger partial charge in [-0.25, -0.2) is 9.97 Å². The van der Waals surface area contributed by atoms with Crippen molar-refractivity contribution in [1.29, 1.82) is 0 Å². The van der Waals surface area contributed by atoms with Crippen LogP contribution in [0, 0.1) is 5.92 Å². The second-order valence-corrected chi connectivity index (χ2v) is 6.70. The van der Waals surface area contributed by atoms with Crippen LogP contribution in [-0.4, -0.2) is 28.8 Å². The van der Waals surface area contributed by atoms with Crippen LogP contribution in [0.1, 0.15) is 53.4 Å². The molecule has 0 saturated heterocycles. The van der Waals surface area contributed by atoms with E-state index in [-0.39, 0.29) is 0 Å². The van der Waals surface area contributed by atoms with Crippen molar-refractivity contribution in [2.75, 3.05) is 23.4 Å². The lowest BCUT2D eigenvalue weighted by molar-refractivity contribution is 0.520. The number of nitrogens with zero attached hydrogens (tertiary/aromatic N) is 2. The van der Waals surface area contributed by atoms with E-state index in [2.05, 4.69) is 48.3 Å². The molecule has 1 rings (SSSR count). The number of hydrogen-bond acceptors (Lipinski definition) is 5. The molecule has 0 aliphatic rings. The molecule has 2 N–H and O–H groups in total. The minimum Gasteiger partial charge on any atom is -0.370 e. The number of aromatic nitrogens is 2. The summed E-state index contributed by atoms with van der Waals surface area (Å²) in [5.74, 6) is 2.61. The van der Waals surface area contributed by atoms with Gasteiger partial charge >= 0.3 is 0 Å². The third kappa shape index (κ3) is 7.55. The van der Waals surface area contributed by atoms with Crippen molar-refractivity contribution < 1.29 is 0 Å². The minimum absolute atomic E-state index is 0.437. The number of rotatable bonds is 10. The van der Waals surface area contributed by atoms with Crippen LogP contribution in [-0.2, 0) is 0 Å². The Kier molecular flexibility index (Phi) is 8.50. The molecular formula is C16H30N4S. The maximum Gasteiger partial charge on any atom is 0.191 e. The van der Waals surface area contributed by atoms with Crippen LogP contribution in [0.5, 0.6) is 0 Å². The Morgan fingerprint density at radius 2 is 1.86 bits per heavy atom. The zero-order valence-corrected chi connectivity index (χ0v) is 14.9. The fourth-order valence-corrected chi connectivity index (χ4v) is 2.47. The maximum atomic E-state index is 4.54. The minimum atomic E-state index is 0.437. The molecule has 0 saturated carbocycles. The summed E-state index contributed by atoms with van der Waals surface area (Å²) in [5, 5.41) is 7.65. The van der Waals surface area contributed by atoms with Gasteiger partial charge in [-0.3, -0.25) is 0 Å². The van der Waals surface area contributed by atoms with Gasteiger partial charge in [0, 0.05) is 18.7 Å². The molecule has 1 heterocycles. The average Bonchev–Trinajstić information content (AvgIpc) is 2.44. The number of hydrogen-bond donors (Lipinski definition) is 2. The van der Waals surface area contributed by atoms with Gasteiger partial charge in [0.05, 0.1) is 0 Å². The summed E-state index contributed by atoms with van der Waals surface area (Å²) in [5.41, 5.74) is 0. The van der Waals surface area contributed by atoms with Crippen LogP contribution in [0.15, 0.2) is 11.2 Å². The van der Waals surface area contributed by atoms with E-state index < -0.39 is 0 Å². The van der Waals surface area contributed by atoms with Crippen LogP contribution >= 0.6 is 11.8 Å². The summed E-state index contributed by atoms with van der Waals surface area (Å²) in [4.78, 5) is 9.03. The Hall–Kier alpha value is -0.970. The summed E-state index contributed by atoms with van der Waals surface area (Å²) in [6.07, 6.45) is 6.82.